The van der Waals surface area contributed by atoms with Crippen molar-refractivity contribution in [1.29, 1.82) is 0 Å². The first-order valence-corrected chi connectivity index (χ1v) is 10.5. The molecule has 4 heterocycles. The summed E-state index contributed by atoms with van der Waals surface area (Å²) in [5.41, 5.74) is 6.20. The number of nitrogens with two attached hydrogens (primary N) is 1. The van der Waals surface area contributed by atoms with Crippen LogP contribution in [0.1, 0.15) is 48.2 Å². The van der Waals surface area contributed by atoms with Crippen LogP contribution in [0.3, 0.4) is 0 Å². The number of hydrogen-bond donors (Lipinski definition) is 2. The molecule has 11 heteroatoms. The van der Waals surface area contributed by atoms with Gasteiger partial charge in [0.2, 0.25) is 5.91 Å². The number of amides is 2. The number of halogens is 2. The number of carbonyl (C=O) groups excluding carboxylic acids is 2. The molecule has 2 saturated heterocycles. The molecule has 2 fully saturated rings. The van der Waals surface area contributed by atoms with Crippen LogP contribution in [-0.4, -0.2) is 63.8 Å². The Morgan fingerprint density at radius 2 is 1.88 bits per heavy atom. The van der Waals surface area contributed by atoms with Crippen LogP contribution in [-0.2, 0) is 4.79 Å². The second-order valence-corrected chi connectivity index (χ2v) is 8.23. The van der Waals surface area contributed by atoms with Crippen LogP contribution in [0.4, 0.5) is 26.2 Å². The number of nitrogens with one attached hydrogen (secondary N) is 1. The molecule has 9 nitrogen and oxygen atoms in total. The van der Waals surface area contributed by atoms with E-state index in [0.717, 1.165) is 18.4 Å². The van der Waals surface area contributed by atoms with Crippen molar-refractivity contribution in [2.24, 2.45) is 5.73 Å². The van der Waals surface area contributed by atoms with Crippen LogP contribution < -0.4 is 16.0 Å². The Hall–Kier alpha value is -3.37. The Balaban J connectivity index is 1.60. The number of hydrogen-bond acceptors (Lipinski definition) is 7. The Bertz CT molecular complexity index is 1010. The first-order valence-electron chi connectivity index (χ1n) is 10.5. The number of anilines is 3. The fourth-order valence-electron chi connectivity index (χ4n) is 4.11. The zero-order valence-corrected chi connectivity index (χ0v) is 17.7. The van der Waals surface area contributed by atoms with Gasteiger partial charge in [-0.05, 0) is 36.5 Å². The Labute approximate surface area is 184 Å². The highest BCUT2D eigenvalue weighted by Gasteiger charge is 2.39. The van der Waals surface area contributed by atoms with Gasteiger partial charge in [-0.1, -0.05) is 0 Å². The highest BCUT2D eigenvalue weighted by Crippen LogP contribution is 2.35. The molecule has 0 atom stereocenters. The molecule has 0 spiro atoms. The largest absolute Gasteiger partial charge is 0.364 e. The Morgan fingerprint density at radius 3 is 2.44 bits per heavy atom. The fraction of sp³-hybridized carbons (Fsp3) is 0.476. The maximum Gasteiger partial charge on any atom is 0.268 e. The molecule has 4 rings (SSSR count). The van der Waals surface area contributed by atoms with Crippen LogP contribution in [0.15, 0.2) is 24.5 Å². The van der Waals surface area contributed by atoms with Gasteiger partial charge in [-0.2, -0.15) is 0 Å². The highest BCUT2D eigenvalue weighted by atomic mass is 19.3. The van der Waals surface area contributed by atoms with Crippen LogP contribution >= 0.6 is 0 Å². The second kappa shape index (κ2) is 8.64. The first kappa shape index (κ1) is 21.8. The minimum atomic E-state index is -2.74. The lowest BCUT2D eigenvalue weighted by molar-refractivity contribution is -0.129. The molecule has 2 aromatic heterocycles. The first-order chi connectivity index (χ1) is 15.2. The number of aromatic nitrogens is 3. The van der Waals surface area contributed by atoms with E-state index in [4.69, 9.17) is 5.73 Å². The maximum absolute atomic E-state index is 13.8. The number of rotatable bonds is 5. The number of alkyl halides is 2. The third-order valence-corrected chi connectivity index (χ3v) is 5.90. The van der Waals surface area contributed by atoms with Crippen molar-refractivity contribution in [3.63, 3.8) is 0 Å². The van der Waals surface area contributed by atoms with Crippen molar-refractivity contribution >= 4 is 29.3 Å². The molecule has 2 amide bonds. The van der Waals surface area contributed by atoms with E-state index in [0.29, 0.717) is 30.5 Å². The van der Waals surface area contributed by atoms with Gasteiger partial charge in [0.15, 0.2) is 0 Å². The van der Waals surface area contributed by atoms with Gasteiger partial charge in [-0.3, -0.25) is 9.59 Å². The smallest absolute Gasteiger partial charge is 0.268 e. The number of nitrogens with zero attached hydrogens (tertiary/aromatic N) is 5. The van der Waals surface area contributed by atoms with E-state index in [-0.39, 0.29) is 37.0 Å². The molecular formula is C21H25F2N7O2. The van der Waals surface area contributed by atoms with E-state index in [9.17, 15) is 18.4 Å². The molecule has 0 unspecified atom stereocenters. The number of pyridine rings is 1. The van der Waals surface area contributed by atoms with Crippen LogP contribution in [0.25, 0.3) is 0 Å². The number of likely N-dealkylation sites (tertiary alicyclic amines) is 1. The summed E-state index contributed by atoms with van der Waals surface area (Å²) in [6.07, 6.45) is 3.98. The van der Waals surface area contributed by atoms with Crippen molar-refractivity contribution in [2.45, 2.75) is 38.0 Å². The molecular weight excluding hydrogens is 420 g/mol. The van der Waals surface area contributed by atoms with Crippen LogP contribution in [0.2, 0.25) is 0 Å². The van der Waals surface area contributed by atoms with Crippen molar-refractivity contribution in [2.75, 3.05) is 36.4 Å². The van der Waals surface area contributed by atoms with Crippen molar-refractivity contribution in [3.8, 4) is 0 Å². The molecule has 0 bridgehead atoms. The summed E-state index contributed by atoms with van der Waals surface area (Å²) in [6.45, 7) is 2.72. The molecule has 170 valence electrons. The summed E-state index contributed by atoms with van der Waals surface area (Å²) in [6, 6.07) is 3.73. The summed E-state index contributed by atoms with van der Waals surface area (Å²) in [5.74, 6) is -1.92. The Kier molecular flexibility index (Phi) is 5.90. The fourth-order valence-corrected chi connectivity index (χ4v) is 4.11. The van der Waals surface area contributed by atoms with Gasteiger partial charge in [0.05, 0.1) is 18.9 Å². The molecule has 3 N–H and O–H groups in total. The summed E-state index contributed by atoms with van der Waals surface area (Å²) in [5, 5.41) is 3.05. The molecule has 32 heavy (non-hydrogen) atoms. The highest BCUT2D eigenvalue weighted by molar-refractivity contribution is 5.90. The third kappa shape index (κ3) is 4.92. The van der Waals surface area contributed by atoms with Gasteiger partial charge in [0.25, 0.3) is 11.8 Å². The maximum atomic E-state index is 13.8. The Morgan fingerprint density at radius 1 is 1.12 bits per heavy atom. The average Bonchev–Trinajstić information content (AvgIpc) is 3.14. The molecule has 2 aliphatic rings. The monoisotopic (exact) mass is 445 g/mol. The topological polar surface area (TPSA) is 117 Å². The SMILES string of the molecule is CC(=O)N1CCC(c2cc(Nc3cnc(C(N)=O)cn3)nc(N3CCC(F)(F)C3)c2)CC1. The van der Waals surface area contributed by atoms with Crippen molar-refractivity contribution in [3.05, 3.63) is 35.8 Å². The minimum absolute atomic E-state index is 0.0366. The molecule has 0 radical (unpaired) electrons. The summed E-state index contributed by atoms with van der Waals surface area (Å²) in [7, 11) is 0. The number of carbonyl (C=O) groups is 2. The van der Waals surface area contributed by atoms with E-state index in [1.165, 1.54) is 12.4 Å². The van der Waals surface area contributed by atoms with E-state index >= 15 is 0 Å². The normalized spacial score (nSPS) is 18.6. The van der Waals surface area contributed by atoms with E-state index < -0.39 is 11.8 Å². The summed E-state index contributed by atoms with van der Waals surface area (Å²) < 4.78 is 27.7. The van der Waals surface area contributed by atoms with Gasteiger partial charge < -0.3 is 20.9 Å². The van der Waals surface area contributed by atoms with Gasteiger partial charge in [0, 0.05) is 33.0 Å². The standard InChI is InChI=1S/C21H25F2N7O2/c1-13(31)29-5-2-14(3-6-29)15-8-17(27-18-11-25-16(10-26-18)20(24)32)28-19(9-15)30-7-4-21(22,23)12-30/h8-11,14H,2-7,12H2,1H3,(H2,24,32)(H,26,27,28). The average molecular weight is 445 g/mol. The summed E-state index contributed by atoms with van der Waals surface area (Å²) >= 11 is 0. The molecule has 0 saturated carbocycles. The van der Waals surface area contributed by atoms with Gasteiger partial charge in [-0.25, -0.2) is 23.7 Å². The van der Waals surface area contributed by atoms with Crippen molar-refractivity contribution in [1.82, 2.24) is 19.9 Å². The zero-order valence-electron chi connectivity index (χ0n) is 17.7. The zero-order chi connectivity index (χ0) is 22.9. The quantitative estimate of drug-likeness (QED) is 0.725. The van der Waals surface area contributed by atoms with E-state index in [2.05, 4.69) is 20.3 Å². The number of piperidine rings is 1. The molecule has 0 aromatic carbocycles. The van der Waals surface area contributed by atoms with E-state index in [1.807, 2.05) is 17.0 Å². The minimum Gasteiger partial charge on any atom is -0.364 e. The second-order valence-electron chi connectivity index (χ2n) is 8.23. The molecule has 2 aromatic rings. The van der Waals surface area contributed by atoms with Crippen LogP contribution in [0.5, 0.6) is 0 Å². The van der Waals surface area contributed by atoms with Gasteiger partial charge in [0.1, 0.15) is 23.1 Å². The molecule has 0 aliphatic carbocycles. The summed E-state index contributed by atoms with van der Waals surface area (Å²) in [4.78, 5) is 38.8. The lowest BCUT2D eigenvalue weighted by Crippen LogP contribution is -2.36. The van der Waals surface area contributed by atoms with E-state index in [1.54, 1.807) is 11.8 Å². The van der Waals surface area contributed by atoms with Crippen LogP contribution in [0, 0.1) is 0 Å². The van der Waals surface area contributed by atoms with Gasteiger partial charge >= 0.3 is 0 Å². The van der Waals surface area contributed by atoms with Crippen molar-refractivity contribution < 1.29 is 18.4 Å². The lowest BCUT2D eigenvalue weighted by Gasteiger charge is -2.32. The predicted octanol–water partition coefficient (Wildman–Crippen LogP) is 2.29. The number of primary amides is 1. The third-order valence-electron chi connectivity index (χ3n) is 5.90. The predicted molar refractivity (Wildman–Crippen MR) is 114 cm³/mol. The molecule has 2 aliphatic heterocycles. The lowest BCUT2D eigenvalue weighted by atomic mass is 9.89. The van der Waals surface area contributed by atoms with Gasteiger partial charge in [-0.15, -0.1) is 0 Å².